The van der Waals surface area contributed by atoms with E-state index >= 15 is 0 Å². The molecular formula is C17H22N2OS. The minimum absolute atomic E-state index is 0.748. The Morgan fingerprint density at radius 3 is 2.81 bits per heavy atom. The third-order valence-electron chi connectivity index (χ3n) is 4.37. The molecule has 4 heteroatoms. The summed E-state index contributed by atoms with van der Waals surface area (Å²) in [6.45, 7) is 2.94. The number of rotatable bonds is 8. The molecular weight excluding hydrogens is 280 g/mol. The first-order chi connectivity index (χ1) is 10.4. The molecule has 21 heavy (non-hydrogen) atoms. The van der Waals surface area contributed by atoms with E-state index in [4.69, 9.17) is 4.42 Å². The van der Waals surface area contributed by atoms with Gasteiger partial charge in [0.1, 0.15) is 5.76 Å². The molecule has 112 valence electrons. The van der Waals surface area contributed by atoms with Gasteiger partial charge in [-0.25, -0.2) is 0 Å². The Bertz CT molecular complexity index is 569. The molecule has 0 saturated heterocycles. The first kappa shape index (κ1) is 13.6. The summed E-state index contributed by atoms with van der Waals surface area (Å²) in [7, 11) is 0. The molecule has 2 aliphatic carbocycles. The predicted molar refractivity (Wildman–Crippen MR) is 85.2 cm³/mol. The number of nitrogens with one attached hydrogen (secondary N) is 1. The monoisotopic (exact) mass is 302 g/mol. The highest BCUT2D eigenvalue weighted by molar-refractivity contribution is 7.07. The molecule has 0 atom stereocenters. The second kappa shape index (κ2) is 5.95. The smallest absolute Gasteiger partial charge is 0.122 e. The highest BCUT2D eigenvalue weighted by Gasteiger charge is 2.30. The van der Waals surface area contributed by atoms with Crippen molar-refractivity contribution in [2.45, 2.75) is 57.4 Å². The number of furan rings is 1. The van der Waals surface area contributed by atoms with Crippen LogP contribution in [0.4, 0.5) is 0 Å². The van der Waals surface area contributed by atoms with Crippen molar-refractivity contribution in [3.8, 4) is 0 Å². The lowest BCUT2D eigenvalue weighted by Gasteiger charge is -2.21. The van der Waals surface area contributed by atoms with Crippen LogP contribution in [0.3, 0.4) is 0 Å². The molecule has 2 aromatic heterocycles. The molecule has 0 amide bonds. The first-order valence-electron chi connectivity index (χ1n) is 7.92. The van der Waals surface area contributed by atoms with E-state index in [9.17, 15) is 0 Å². The molecule has 0 bridgehead atoms. The van der Waals surface area contributed by atoms with Crippen LogP contribution in [-0.2, 0) is 19.6 Å². The van der Waals surface area contributed by atoms with Crippen molar-refractivity contribution in [2.75, 3.05) is 0 Å². The molecule has 0 radical (unpaired) electrons. The van der Waals surface area contributed by atoms with Crippen LogP contribution in [0.15, 0.2) is 33.6 Å². The Morgan fingerprint density at radius 1 is 1.19 bits per heavy atom. The molecule has 0 spiro atoms. The lowest BCUT2D eigenvalue weighted by molar-refractivity contribution is 0.224. The molecule has 2 aliphatic rings. The summed E-state index contributed by atoms with van der Waals surface area (Å²) in [5.74, 6) is 1.14. The highest BCUT2D eigenvalue weighted by atomic mass is 32.1. The Balaban J connectivity index is 1.41. The van der Waals surface area contributed by atoms with Crippen molar-refractivity contribution < 1.29 is 4.42 Å². The summed E-state index contributed by atoms with van der Waals surface area (Å²) in [6.07, 6.45) is 7.18. The van der Waals surface area contributed by atoms with E-state index in [-0.39, 0.29) is 0 Å². The molecule has 2 saturated carbocycles. The van der Waals surface area contributed by atoms with Gasteiger partial charge < -0.3 is 9.73 Å². The number of hydrogen-bond donors (Lipinski definition) is 1. The first-order valence-corrected chi connectivity index (χ1v) is 8.86. The van der Waals surface area contributed by atoms with Crippen molar-refractivity contribution in [1.29, 1.82) is 0 Å². The molecule has 2 aromatic rings. The Morgan fingerprint density at radius 2 is 2.10 bits per heavy atom. The van der Waals surface area contributed by atoms with Gasteiger partial charge in [-0.3, -0.25) is 4.90 Å². The van der Waals surface area contributed by atoms with E-state index < -0.39 is 0 Å². The standard InChI is InChI=1S/C17H22N2OS/c1-2-15(1)18-9-14-5-7-20-17(14)11-19(16-3-4-16)10-13-6-8-21-12-13/h5-8,12,15-16,18H,1-4,9-11H2. The van der Waals surface area contributed by atoms with Gasteiger partial charge in [0.2, 0.25) is 0 Å². The molecule has 1 N–H and O–H groups in total. The van der Waals surface area contributed by atoms with Crippen molar-refractivity contribution in [3.63, 3.8) is 0 Å². The molecule has 4 rings (SSSR count). The van der Waals surface area contributed by atoms with E-state index in [1.54, 1.807) is 11.3 Å². The van der Waals surface area contributed by atoms with Gasteiger partial charge in [-0.05, 0) is 54.1 Å². The average Bonchev–Trinajstić information content (AvgIpc) is 3.41. The Kier molecular flexibility index (Phi) is 3.84. The third kappa shape index (κ3) is 3.57. The molecule has 0 unspecified atom stereocenters. The number of nitrogens with zero attached hydrogens (tertiary/aromatic N) is 1. The zero-order valence-corrected chi connectivity index (χ0v) is 13.1. The summed E-state index contributed by atoms with van der Waals surface area (Å²) in [5.41, 5.74) is 2.76. The summed E-state index contributed by atoms with van der Waals surface area (Å²) in [4.78, 5) is 2.57. The maximum Gasteiger partial charge on any atom is 0.122 e. The van der Waals surface area contributed by atoms with Crippen molar-refractivity contribution in [1.82, 2.24) is 10.2 Å². The van der Waals surface area contributed by atoms with Crippen molar-refractivity contribution in [2.24, 2.45) is 0 Å². The van der Waals surface area contributed by atoms with Crippen LogP contribution in [0.5, 0.6) is 0 Å². The fourth-order valence-corrected chi connectivity index (χ4v) is 3.42. The molecule has 2 fully saturated rings. The van der Waals surface area contributed by atoms with Crippen LogP contribution in [0.1, 0.15) is 42.6 Å². The van der Waals surface area contributed by atoms with Gasteiger partial charge in [-0.2, -0.15) is 11.3 Å². The maximum absolute atomic E-state index is 5.77. The van der Waals surface area contributed by atoms with Crippen LogP contribution in [0.2, 0.25) is 0 Å². The van der Waals surface area contributed by atoms with Gasteiger partial charge in [-0.15, -0.1) is 0 Å². The normalized spacial score (nSPS) is 18.5. The van der Waals surface area contributed by atoms with Crippen LogP contribution in [0, 0.1) is 0 Å². The lowest BCUT2D eigenvalue weighted by Crippen LogP contribution is -2.25. The van der Waals surface area contributed by atoms with Gasteiger partial charge >= 0.3 is 0 Å². The fourth-order valence-electron chi connectivity index (χ4n) is 2.76. The summed E-state index contributed by atoms with van der Waals surface area (Å²) < 4.78 is 5.77. The van der Waals surface area contributed by atoms with E-state index in [1.165, 1.54) is 36.8 Å². The minimum Gasteiger partial charge on any atom is -0.468 e. The van der Waals surface area contributed by atoms with Crippen LogP contribution in [-0.4, -0.2) is 17.0 Å². The number of thiophene rings is 1. The largest absolute Gasteiger partial charge is 0.468 e. The highest BCUT2D eigenvalue weighted by Crippen LogP contribution is 2.31. The van der Waals surface area contributed by atoms with E-state index in [0.29, 0.717) is 0 Å². The molecule has 2 heterocycles. The maximum atomic E-state index is 5.77. The van der Waals surface area contributed by atoms with Crippen LogP contribution >= 0.6 is 11.3 Å². The number of hydrogen-bond acceptors (Lipinski definition) is 4. The van der Waals surface area contributed by atoms with Crippen LogP contribution < -0.4 is 5.32 Å². The van der Waals surface area contributed by atoms with Crippen molar-refractivity contribution >= 4 is 11.3 Å². The fraction of sp³-hybridized carbons (Fsp3) is 0.529. The van der Waals surface area contributed by atoms with E-state index in [1.807, 2.05) is 6.26 Å². The zero-order chi connectivity index (χ0) is 14.1. The van der Waals surface area contributed by atoms with E-state index in [2.05, 4.69) is 33.1 Å². The third-order valence-corrected chi connectivity index (χ3v) is 5.10. The second-order valence-electron chi connectivity index (χ2n) is 6.29. The van der Waals surface area contributed by atoms with Gasteiger partial charge in [0.05, 0.1) is 12.8 Å². The lowest BCUT2D eigenvalue weighted by atomic mass is 10.2. The second-order valence-corrected chi connectivity index (χ2v) is 7.07. The van der Waals surface area contributed by atoms with Gasteiger partial charge in [0, 0.05) is 30.7 Å². The Labute approximate surface area is 130 Å². The minimum atomic E-state index is 0.748. The summed E-state index contributed by atoms with van der Waals surface area (Å²) >= 11 is 1.78. The Hall–Kier alpha value is -1.10. The van der Waals surface area contributed by atoms with Gasteiger partial charge in [-0.1, -0.05) is 0 Å². The topological polar surface area (TPSA) is 28.4 Å². The van der Waals surface area contributed by atoms with E-state index in [0.717, 1.165) is 37.5 Å². The van der Waals surface area contributed by atoms with Gasteiger partial charge in [0.25, 0.3) is 0 Å². The SMILES string of the molecule is c1cc(CNC2CC2)c(CN(Cc2ccsc2)C2CC2)o1. The van der Waals surface area contributed by atoms with Crippen LogP contribution in [0.25, 0.3) is 0 Å². The summed E-state index contributed by atoms with van der Waals surface area (Å²) in [5, 5.41) is 8.01. The molecule has 0 aromatic carbocycles. The quantitative estimate of drug-likeness (QED) is 0.805. The molecule has 0 aliphatic heterocycles. The molecule has 3 nitrogen and oxygen atoms in total. The zero-order valence-electron chi connectivity index (χ0n) is 12.3. The summed E-state index contributed by atoms with van der Waals surface area (Å²) in [6, 6.07) is 5.86. The predicted octanol–water partition coefficient (Wildman–Crippen LogP) is 3.76. The average molecular weight is 302 g/mol. The van der Waals surface area contributed by atoms with Crippen molar-refractivity contribution in [3.05, 3.63) is 46.0 Å². The van der Waals surface area contributed by atoms with Gasteiger partial charge in [0.15, 0.2) is 0 Å².